The highest BCUT2D eigenvalue weighted by molar-refractivity contribution is 5.89. The quantitative estimate of drug-likeness (QED) is 0.439. The number of amides is 1. The summed E-state index contributed by atoms with van der Waals surface area (Å²) in [6.07, 6.45) is 3.80. The molecule has 1 amide bonds. The van der Waals surface area contributed by atoms with Crippen LogP contribution in [0.2, 0.25) is 0 Å². The monoisotopic (exact) mass is 456 g/mol. The van der Waals surface area contributed by atoms with Crippen LogP contribution < -0.4 is 4.90 Å². The Hall–Kier alpha value is -4.33. The molecule has 1 aliphatic heterocycles. The predicted molar refractivity (Wildman–Crippen MR) is 128 cm³/mol. The number of hydrogen-bond acceptors (Lipinski definition) is 4. The van der Waals surface area contributed by atoms with Crippen LogP contribution in [0.4, 0.5) is 10.5 Å². The third kappa shape index (κ3) is 4.05. The number of ether oxygens (including phenoxy) is 1. The summed E-state index contributed by atoms with van der Waals surface area (Å²) in [5.74, 6) is 0.0753. The first-order chi connectivity index (χ1) is 16.5. The van der Waals surface area contributed by atoms with E-state index in [0.717, 1.165) is 39.8 Å². The maximum absolute atomic E-state index is 11.9. The second-order valence-electron chi connectivity index (χ2n) is 8.11. The van der Waals surface area contributed by atoms with E-state index in [9.17, 15) is 14.7 Å². The first-order valence-corrected chi connectivity index (χ1v) is 11.1. The molecule has 0 atom stereocenters. The van der Waals surface area contributed by atoms with E-state index < -0.39 is 5.97 Å². The Morgan fingerprint density at radius 1 is 1.00 bits per heavy atom. The molecule has 1 saturated heterocycles. The molecule has 0 aliphatic carbocycles. The SMILES string of the molecule is Cc1nccn1-c1ccc(-c2ccc(CCC(=O)O)n2-c2ccc(N3CCOC3=O)cc2)cc1. The van der Waals surface area contributed by atoms with Crippen LogP contribution in [0.25, 0.3) is 22.6 Å². The molecule has 0 spiro atoms. The van der Waals surface area contributed by atoms with Crippen molar-refractivity contribution < 1.29 is 19.4 Å². The first-order valence-electron chi connectivity index (χ1n) is 11.1. The lowest BCUT2D eigenvalue weighted by atomic mass is 10.1. The minimum Gasteiger partial charge on any atom is -0.481 e. The number of aryl methyl sites for hydroxylation is 2. The van der Waals surface area contributed by atoms with E-state index in [1.807, 2.05) is 66.2 Å². The number of cyclic esters (lactones) is 1. The molecular weight excluding hydrogens is 432 g/mol. The molecule has 3 heterocycles. The Labute approximate surface area is 196 Å². The van der Waals surface area contributed by atoms with Gasteiger partial charge in [0, 0.05) is 35.1 Å². The number of imidazole rings is 1. The summed E-state index contributed by atoms with van der Waals surface area (Å²) in [5.41, 5.74) is 5.56. The van der Waals surface area contributed by atoms with Crippen molar-refractivity contribution in [3.63, 3.8) is 0 Å². The van der Waals surface area contributed by atoms with Gasteiger partial charge in [-0.05, 0) is 67.4 Å². The Balaban J connectivity index is 1.51. The Morgan fingerprint density at radius 2 is 1.71 bits per heavy atom. The van der Waals surface area contributed by atoms with E-state index >= 15 is 0 Å². The first kappa shape index (κ1) is 21.5. The molecule has 172 valence electrons. The molecular formula is C26H24N4O4. The van der Waals surface area contributed by atoms with E-state index in [4.69, 9.17) is 4.74 Å². The number of carboxylic acids is 1. The standard InChI is InChI=1S/C26H24N4O4/c1-18-27-14-15-28(18)20-4-2-19(3-5-20)24-12-10-23(11-13-25(31)32)30(24)22-8-6-21(7-9-22)29-16-17-34-26(29)33/h2-10,12,14-15H,11,13,16-17H2,1H3,(H,31,32). The molecule has 8 heteroatoms. The molecule has 4 aromatic rings. The van der Waals surface area contributed by atoms with Crippen molar-refractivity contribution in [2.75, 3.05) is 18.1 Å². The van der Waals surface area contributed by atoms with Gasteiger partial charge < -0.3 is 19.0 Å². The fourth-order valence-electron chi connectivity index (χ4n) is 4.29. The minimum absolute atomic E-state index is 0.0417. The number of hydrogen-bond donors (Lipinski definition) is 1. The molecule has 8 nitrogen and oxygen atoms in total. The van der Waals surface area contributed by atoms with Gasteiger partial charge in [0.1, 0.15) is 12.4 Å². The highest BCUT2D eigenvalue weighted by Gasteiger charge is 2.23. The van der Waals surface area contributed by atoms with Gasteiger partial charge in [0.15, 0.2) is 0 Å². The number of carbonyl (C=O) groups excluding carboxylic acids is 1. The zero-order chi connectivity index (χ0) is 23.7. The number of aliphatic carboxylic acids is 1. The fraction of sp³-hybridized carbons (Fsp3) is 0.192. The van der Waals surface area contributed by atoms with Crippen LogP contribution in [0, 0.1) is 6.92 Å². The van der Waals surface area contributed by atoms with E-state index in [2.05, 4.69) is 21.7 Å². The number of rotatable bonds is 7. The smallest absolute Gasteiger partial charge is 0.414 e. The third-order valence-corrected chi connectivity index (χ3v) is 6.00. The highest BCUT2D eigenvalue weighted by atomic mass is 16.6. The van der Waals surface area contributed by atoms with Crippen LogP contribution >= 0.6 is 0 Å². The summed E-state index contributed by atoms with van der Waals surface area (Å²) in [4.78, 5) is 29.0. The fourth-order valence-corrected chi connectivity index (χ4v) is 4.29. The summed E-state index contributed by atoms with van der Waals surface area (Å²) < 4.78 is 9.13. The van der Waals surface area contributed by atoms with Gasteiger partial charge in [0.25, 0.3) is 0 Å². The van der Waals surface area contributed by atoms with Crippen LogP contribution in [0.15, 0.2) is 73.1 Å². The van der Waals surface area contributed by atoms with Crippen LogP contribution in [0.5, 0.6) is 0 Å². The molecule has 34 heavy (non-hydrogen) atoms. The van der Waals surface area contributed by atoms with E-state index in [1.165, 1.54) is 0 Å². The van der Waals surface area contributed by atoms with Gasteiger partial charge in [-0.25, -0.2) is 9.78 Å². The largest absolute Gasteiger partial charge is 0.481 e. The summed E-state index contributed by atoms with van der Waals surface area (Å²) in [6, 6.07) is 19.8. The van der Waals surface area contributed by atoms with Crippen LogP contribution in [-0.4, -0.2) is 44.4 Å². The van der Waals surface area contributed by atoms with E-state index in [1.54, 1.807) is 11.1 Å². The molecule has 0 bridgehead atoms. The molecule has 0 radical (unpaired) electrons. The van der Waals surface area contributed by atoms with E-state index in [-0.39, 0.29) is 12.5 Å². The van der Waals surface area contributed by atoms with Gasteiger partial charge >= 0.3 is 12.1 Å². The lowest BCUT2D eigenvalue weighted by Gasteiger charge is -2.17. The molecule has 1 N–H and O–H groups in total. The van der Waals surface area contributed by atoms with Gasteiger partial charge in [-0.3, -0.25) is 9.69 Å². The summed E-state index contributed by atoms with van der Waals surface area (Å²) in [7, 11) is 0. The van der Waals surface area contributed by atoms with Crippen molar-refractivity contribution >= 4 is 17.7 Å². The normalized spacial score (nSPS) is 13.3. The number of aromatic nitrogens is 3. The van der Waals surface area contributed by atoms with Gasteiger partial charge in [-0.2, -0.15) is 0 Å². The van der Waals surface area contributed by atoms with E-state index in [0.29, 0.717) is 19.6 Å². The number of anilines is 1. The van der Waals surface area contributed by atoms with Crippen molar-refractivity contribution in [1.82, 2.24) is 14.1 Å². The van der Waals surface area contributed by atoms with Gasteiger partial charge in [-0.1, -0.05) is 12.1 Å². The van der Waals surface area contributed by atoms with Crippen LogP contribution in [0.3, 0.4) is 0 Å². The predicted octanol–water partition coefficient (Wildman–Crippen LogP) is 4.61. The zero-order valence-electron chi connectivity index (χ0n) is 18.7. The second kappa shape index (κ2) is 8.90. The van der Waals surface area contributed by atoms with Crippen molar-refractivity contribution in [2.45, 2.75) is 19.8 Å². The Kier molecular flexibility index (Phi) is 5.63. The molecule has 5 rings (SSSR count). The average molecular weight is 457 g/mol. The number of benzene rings is 2. The van der Waals surface area contributed by atoms with Gasteiger partial charge in [-0.15, -0.1) is 0 Å². The topological polar surface area (TPSA) is 89.6 Å². The number of carbonyl (C=O) groups is 2. The molecule has 0 unspecified atom stereocenters. The molecule has 2 aromatic heterocycles. The Bertz CT molecular complexity index is 1340. The number of carboxylic acid groups (broad SMARTS) is 1. The molecule has 1 aliphatic rings. The van der Waals surface area contributed by atoms with Crippen molar-refractivity contribution in [3.05, 3.63) is 84.6 Å². The number of nitrogens with zero attached hydrogens (tertiary/aromatic N) is 4. The highest BCUT2D eigenvalue weighted by Crippen LogP contribution is 2.30. The van der Waals surface area contributed by atoms with Crippen molar-refractivity contribution in [2.24, 2.45) is 0 Å². The summed E-state index contributed by atoms with van der Waals surface area (Å²) in [5, 5.41) is 9.22. The summed E-state index contributed by atoms with van der Waals surface area (Å²) in [6.45, 7) is 2.87. The lowest BCUT2D eigenvalue weighted by molar-refractivity contribution is -0.136. The van der Waals surface area contributed by atoms with Crippen molar-refractivity contribution in [3.8, 4) is 22.6 Å². The average Bonchev–Trinajstić information content (AvgIpc) is 3.57. The third-order valence-electron chi connectivity index (χ3n) is 6.00. The second-order valence-corrected chi connectivity index (χ2v) is 8.11. The van der Waals surface area contributed by atoms with Gasteiger partial charge in [0.05, 0.1) is 18.7 Å². The van der Waals surface area contributed by atoms with Gasteiger partial charge in [0.2, 0.25) is 0 Å². The van der Waals surface area contributed by atoms with Crippen molar-refractivity contribution in [1.29, 1.82) is 0 Å². The lowest BCUT2D eigenvalue weighted by Crippen LogP contribution is -2.23. The molecule has 2 aromatic carbocycles. The maximum atomic E-state index is 11.9. The summed E-state index contributed by atoms with van der Waals surface area (Å²) >= 11 is 0. The van der Waals surface area contributed by atoms with Crippen LogP contribution in [0.1, 0.15) is 17.9 Å². The Morgan fingerprint density at radius 3 is 2.32 bits per heavy atom. The minimum atomic E-state index is -0.836. The molecule has 0 saturated carbocycles. The van der Waals surface area contributed by atoms with Crippen LogP contribution in [-0.2, 0) is 16.0 Å². The zero-order valence-corrected chi connectivity index (χ0v) is 18.7. The maximum Gasteiger partial charge on any atom is 0.414 e. The molecule has 1 fully saturated rings.